The van der Waals surface area contributed by atoms with E-state index < -0.39 is 11.3 Å². The van der Waals surface area contributed by atoms with E-state index in [2.05, 4.69) is 10.3 Å². The number of aromatic nitrogens is 3. The van der Waals surface area contributed by atoms with E-state index in [-0.39, 0.29) is 12.4 Å². The number of fused-ring (bicyclic) bond motifs is 1. The first-order valence-electron chi connectivity index (χ1n) is 10.4. The van der Waals surface area contributed by atoms with Crippen molar-refractivity contribution in [3.8, 4) is 28.3 Å². The summed E-state index contributed by atoms with van der Waals surface area (Å²) in [7, 11) is 1.57. The molecule has 1 amide bonds. The second-order valence-corrected chi connectivity index (χ2v) is 8.32. The van der Waals surface area contributed by atoms with Crippen molar-refractivity contribution in [1.29, 1.82) is 0 Å². The molecule has 0 aliphatic rings. The zero-order valence-corrected chi connectivity index (χ0v) is 18.6. The molecule has 0 atom stereocenters. The molecule has 4 rings (SSSR count). The molecule has 33 heavy (non-hydrogen) atoms. The number of rotatable bonds is 7. The van der Waals surface area contributed by atoms with E-state index in [0.29, 0.717) is 28.3 Å². The molecule has 0 saturated carbocycles. The zero-order chi connectivity index (χ0) is 23.6. The van der Waals surface area contributed by atoms with Crippen LogP contribution in [0.25, 0.3) is 33.4 Å². The molecule has 4 aromatic rings. The Hall–Kier alpha value is -4.07. The van der Waals surface area contributed by atoms with Crippen molar-refractivity contribution in [1.82, 2.24) is 15.0 Å². The lowest BCUT2D eigenvalue weighted by Crippen LogP contribution is -2.37. The number of nitrogens with one attached hydrogen (secondary N) is 1. The Bertz CT molecular complexity index is 1310. The fourth-order valence-corrected chi connectivity index (χ4v) is 3.32. The molecule has 0 aliphatic heterocycles. The number of carbonyl (C=O) groups excluding carboxylic acids is 1. The van der Waals surface area contributed by atoms with Crippen LogP contribution < -0.4 is 15.8 Å². The number of primary amides is 1. The van der Waals surface area contributed by atoms with Gasteiger partial charge in [0.1, 0.15) is 22.9 Å². The summed E-state index contributed by atoms with van der Waals surface area (Å²) >= 11 is 0. The van der Waals surface area contributed by atoms with E-state index in [1.807, 2.05) is 18.2 Å². The van der Waals surface area contributed by atoms with Gasteiger partial charge in [-0.2, -0.15) is 0 Å². The minimum atomic E-state index is -0.801. The Labute approximate surface area is 190 Å². The summed E-state index contributed by atoms with van der Waals surface area (Å²) in [6, 6.07) is 13.6. The van der Waals surface area contributed by atoms with Crippen LogP contribution in [0.5, 0.6) is 5.75 Å². The topological polar surface area (TPSA) is 103 Å². The minimum Gasteiger partial charge on any atom is -0.494 e. The number of ether oxygens (including phenoxy) is 1. The van der Waals surface area contributed by atoms with Crippen LogP contribution >= 0.6 is 0 Å². The van der Waals surface area contributed by atoms with Crippen molar-refractivity contribution >= 4 is 22.6 Å². The fraction of sp³-hybridized carbons (Fsp3) is 0.200. The first kappa shape index (κ1) is 22.1. The van der Waals surface area contributed by atoms with Crippen LogP contribution in [0.4, 0.5) is 10.2 Å². The van der Waals surface area contributed by atoms with Crippen LogP contribution in [0.3, 0.4) is 0 Å². The van der Waals surface area contributed by atoms with Crippen LogP contribution in [-0.4, -0.2) is 34.5 Å². The van der Waals surface area contributed by atoms with Gasteiger partial charge < -0.3 is 15.8 Å². The van der Waals surface area contributed by atoms with Gasteiger partial charge in [0.2, 0.25) is 5.91 Å². The van der Waals surface area contributed by atoms with Gasteiger partial charge in [-0.3, -0.25) is 9.78 Å². The van der Waals surface area contributed by atoms with Gasteiger partial charge in [-0.15, -0.1) is 0 Å². The zero-order valence-electron chi connectivity index (χ0n) is 18.6. The molecule has 2 heterocycles. The standard InChI is InChI=1S/C25H24FN5O2/c1-25(2,24(27)32)14-29-23-19-11-17(15-6-8-18(26)9-7-15)12-20(33-3)21(19)30-22(31-23)16-5-4-10-28-13-16/h4-13H,14H2,1-3H3,(H2,27,32)(H,29,30,31). The van der Waals surface area contributed by atoms with E-state index >= 15 is 0 Å². The Morgan fingerprint density at radius 2 is 1.85 bits per heavy atom. The lowest BCUT2D eigenvalue weighted by Gasteiger charge is -2.22. The Kier molecular flexibility index (Phi) is 5.91. The second kappa shape index (κ2) is 8.82. The quantitative estimate of drug-likeness (QED) is 0.436. The van der Waals surface area contributed by atoms with Crippen molar-refractivity contribution in [2.75, 3.05) is 19.0 Å². The van der Waals surface area contributed by atoms with Crippen LogP contribution in [0.2, 0.25) is 0 Å². The van der Waals surface area contributed by atoms with E-state index in [9.17, 15) is 9.18 Å². The highest BCUT2D eigenvalue weighted by Crippen LogP contribution is 2.36. The molecular formula is C25H24FN5O2. The number of pyridine rings is 1. The van der Waals surface area contributed by atoms with Crippen LogP contribution in [0, 0.1) is 11.2 Å². The summed E-state index contributed by atoms with van der Waals surface area (Å²) in [5, 5.41) is 3.97. The highest BCUT2D eigenvalue weighted by molar-refractivity contribution is 5.98. The van der Waals surface area contributed by atoms with E-state index in [4.69, 9.17) is 20.4 Å². The van der Waals surface area contributed by atoms with Gasteiger partial charge in [-0.25, -0.2) is 14.4 Å². The van der Waals surface area contributed by atoms with Gasteiger partial charge >= 0.3 is 0 Å². The Morgan fingerprint density at radius 3 is 2.48 bits per heavy atom. The number of carbonyl (C=O) groups is 1. The number of halogens is 1. The third-order valence-corrected chi connectivity index (χ3v) is 5.45. The monoisotopic (exact) mass is 445 g/mol. The molecule has 0 spiro atoms. The number of nitrogens with zero attached hydrogens (tertiary/aromatic N) is 3. The molecule has 168 valence electrons. The summed E-state index contributed by atoms with van der Waals surface area (Å²) in [6.45, 7) is 3.79. The van der Waals surface area contributed by atoms with Gasteiger partial charge in [-0.05, 0) is 61.4 Å². The lowest BCUT2D eigenvalue weighted by molar-refractivity contribution is -0.125. The maximum atomic E-state index is 13.5. The van der Waals surface area contributed by atoms with E-state index in [0.717, 1.165) is 16.7 Å². The molecule has 0 bridgehead atoms. The maximum absolute atomic E-state index is 13.5. The van der Waals surface area contributed by atoms with Crippen LogP contribution in [0.1, 0.15) is 13.8 Å². The number of hydrogen-bond donors (Lipinski definition) is 2. The average molecular weight is 445 g/mol. The normalized spacial score (nSPS) is 11.4. The van der Waals surface area contributed by atoms with E-state index in [1.54, 1.807) is 51.6 Å². The molecule has 2 aromatic carbocycles. The predicted molar refractivity (Wildman–Crippen MR) is 126 cm³/mol. The Morgan fingerprint density at radius 1 is 1.09 bits per heavy atom. The smallest absolute Gasteiger partial charge is 0.224 e. The number of benzene rings is 2. The number of amides is 1. The molecule has 0 aliphatic carbocycles. The number of nitrogens with two attached hydrogens (primary N) is 1. The number of methoxy groups -OCH3 is 1. The van der Waals surface area contributed by atoms with Crippen molar-refractivity contribution < 1.29 is 13.9 Å². The summed E-state index contributed by atoms with van der Waals surface area (Å²) < 4.78 is 19.1. The third kappa shape index (κ3) is 4.59. The number of hydrogen-bond acceptors (Lipinski definition) is 6. The van der Waals surface area contributed by atoms with Crippen molar-refractivity contribution in [2.45, 2.75) is 13.8 Å². The summed E-state index contributed by atoms with van der Waals surface area (Å²) in [4.78, 5) is 25.5. The molecule has 3 N–H and O–H groups in total. The summed E-state index contributed by atoms with van der Waals surface area (Å²) in [5.41, 5.74) is 7.72. The Balaban J connectivity index is 1.92. The molecule has 0 saturated heterocycles. The molecule has 8 heteroatoms. The first-order valence-corrected chi connectivity index (χ1v) is 10.4. The van der Waals surface area contributed by atoms with Gasteiger partial charge in [0, 0.05) is 29.9 Å². The molecule has 0 fully saturated rings. The summed E-state index contributed by atoms with van der Waals surface area (Å²) in [6.07, 6.45) is 3.35. The van der Waals surface area contributed by atoms with Gasteiger partial charge in [0.05, 0.1) is 12.5 Å². The van der Waals surface area contributed by atoms with Crippen LogP contribution in [-0.2, 0) is 4.79 Å². The summed E-state index contributed by atoms with van der Waals surface area (Å²) in [5.74, 6) is 0.784. The predicted octanol–water partition coefficient (Wildman–Crippen LogP) is 4.43. The van der Waals surface area contributed by atoms with Crippen molar-refractivity contribution in [2.24, 2.45) is 11.1 Å². The highest BCUT2D eigenvalue weighted by Gasteiger charge is 2.25. The molecule has 0 unspecified atom stereocenters. The largest absolute Gasteiger partial charge is 0.494 e. The third-order valence-electron chi connectivity index (χ3n) is 5.45. The van der Waals surface area contributed by atoms with Gasteiger partial charge in [0.15, 0.2) is 5.82 Å². The molecule has 7 nitrogen and oxygen atoms in total. The van der Waals surface area contributed by atoms with Crippen LogP contribution in [0.15, 0.2) is 60.9 Å². The van der Waals surface area contributed by atoms with Crippen molar-refractivity contribution in [3.63, 3.8) is 0 Å². The van der Waals surface area contributed by atoms with E-state index in [1.165, 1.54) is 12.1 Å². The minimum absolute atomic E-state index is 0.268. The fourth-order valence-electron chi connectivity index (χ4n) is 3.32. The van der Waals surface area contributed by atoms with Gasteiger partial charge in [0.25, 0.3) is 0 Å². The van der Waals surface area contributed by atoms with Gasteiger partial charge in [-0.1, -0.05) is 12.1 Å². The lowest BCUT2D eigenvalue weighted by atomic mass is 9.92. The maximum Gasteiger partial charge on any atom is 0.224 e. The molecular weight excluding hydrogens is 421 g/mol. The SMILES string of the molecule is COc1cc(-c2ccc(F)cc2)cc2c(NCC(C)(C)C(N)=O)nc(-c3cccnc3)nc12. The average Bonchev–Trinajstić information content (AvgIpc) is 2.82. The molecule has 0 radical (unpaired) electrons. The second-order valence-electron chi connectivity index (χ2n) is 8.32. The number of anilines is 1. The van der Waals surface area contributed by atoms with Crippen molar-refractivity contribution in [3.05, 3.63) is 66.7 Å². The molecule has 2 aromatic heterocycles. The highest BCUT2D eigenvalue weighted by atomic mass is 19.1. The first-order chi connectivity index (χ1) is 15.8.